The highest BCUT2D eigenvalue weighted by atomic mass is 19.4. The van der Waals surface area contributed by atoms with Crippen molar-refractivity contribution in [2.45, 2.75) is 56.5 Å². The van der Waals surface area contributed by atoms with Crippen LogP contribution in [0.25, 0.3) is 0 Å². The average Bonchev–Trinajstić information content (AvgIpc) is 3.21. The molecule has 2 unspecified atom stereocenters. The summed E-state index contributed by atoms with van der Waals surface area (Å²) in [6.07, 6.45) is -9.49. The molecular weight excluding hydrogens is 543 g/mol. The molecule has 0 aliphatic carbocycles. The number of rotatable bonds is 7. The first-order chi connectivity index (χ1) is 18.3. The van der Waals surface area contributed by atoms with Crippen molar-refractivity contribution >= 4 is 17.5 Å². The number of carbonyl (C=O) groups excluding carboxylic acids is 1. The monoisotopic (exact) mass is 567 g/mol. The largest absolute Gasteiger partial charge is 0.423 e. The number of aromatic nitrogens is 4. The number of nitrogens with zero attached hydrogens (tertiary/aromatic N) is 5. The zero-order valence-electron chi connectivity index (χ0n) is 20.4. The number of ether oxygens (including phenoxy) is 1. The summed E-state index contributed by atoms with van der Waals surface area (Å²) >= 11 is 0. The number of alkyl halides is 7. The van der Waals surface area contributed by atoms with Gasteiger partial charge in [0.15, 0.2) is 0 Å². The first kappa shape index (κ1) is 28.5. The first-order valence-electron chi connectivity index (χ1n) is 11.9. The maximum absolute atomic E-state index is 15.1. The van der Waals surface area contributed by atoms with Crippen molar-refractivity contribution in [3.63, 3.8) is 0 Å². The van der Waals surface area contributed by atoms with E-state index in [2.05, 4.69) is 20.4 Å². The predicted octanol–water partition coefficient (Wildman–Crippen LogP) is 2.63. The van der Waals surface area contributed by atoms with Gasteiger partial charge in [-0.1, -0.05) is 0 Å². The molecule has 1 amide bonds. The molecule has 39 heavy (non-hydrogen) atoms. The van der Waals surface area contributed by atoms with Gasteiger partial charge < -0.3 is 19.9 Å². The number of aromatic amines is 1. The minimum absolute atomic E-state index is 0.0520. The van der Waals surface area contributed by atoms with Crippen molar-refractivity contribution in [1.29, 1.82) is 0 Å². The van der Waals surface area contributed by atoms with Crippen LogP contribution in [0.2, 0.25) is 0 Å². The highest BCUT2D eigenvalue weighted by Crippen LogP contribution is 2.32. The lowest BCUT2D eigenvalue weighted by molar-refractivity contribution is -0.140. The molecule has 0 spiro atoms. The number of carbonyl (C=O) groups is 1. The van der Waals surface area contributed by atoms with E-state index in [0.717, 1.165) is 6.20 Å². The highest BCUT2D eigenvalue weighted by molar-refractivity contribution is 5.83. The molecule has 4 atom stereocenters. The summed E-state index contributed by atoms with van der Waals surface area (Å²) in [5.74, 6) is -0.522. The fourth-order valence-corrected chi connectivity index (χ4v) is 4.57. The van der Waals surface area contributed by atoms with Gasteiger partial charge in [-0.15, -0.1) is 0 Å². The van der Waals surface area contributed by atoms with Gasteiger partial charge in [0.1, 0.15) is 17.8 Å². The molecule has 2 aliphatic heterocycles. The minimum Gasteiger partial charge on any atom is -0.378 e. The second-order valence-corrected chi connectivity index (χ2v) is 9.26. The predicted molar refractivity (Wildman–Crippen MR) is 122 cm³/mol. The van der Waals surface area contributed by atoms with E-state index < -0.39 is 65.0 Å². The standard InChI is InChI=1S/C22H24F7N7O3/c1-11(33-14-8-32-34-18(37)17(14)22(27,28)29)10-39-16-3-5-36(19(16)38)15-2-4-35(9-13(15)23)20-30-6-12(7-31-20)21(24,25)26/h6-8,11,13,15-16H,2-5,9-10H2,1H3,(H2,33,34,37)/t11?,13-,15+,16?/m0/s1. The summed E-state index contributed by atoms with van der Waals surface area (Å²) in [7, 11) is 0. The van der Waals surface area contributed by atoms with E-state index in [0.29, 0.717) is 12.4 Å². The Morgan fingerprint density at radius 1 is 1.08 bits per heavy atom. The van der Waals surface area contributed by atoms with Gasteiger partial charge in [-0.05, 0) is 13.3 Å². The molecule has 2 fully saturated rings. The van der Waals surface area contributed by atoms with Gasteiger partial charge in [0.25, 0.3) is 11.5 Å². The number of piperidine rings is 1. The normalized spacial score (nSPS) is 23.3. The molecular formula is C22H24F7N7O3. The molecule has 2 aromatic rings. The van der Waals surface area contributed by atoms with Crippen LogP contribution in [0.3, 0.4) is 0 Å². The molecule has 0 bridgehead atoms. The number of H-pyrrole nitrogens is 1. The third-order valence-corrected chi connectivity index (χ3v) is 6.44. The van der Waals surface area contributed by atoms with Crippen molar-refractivity contribution in [3.05, 3.63) is 40.1 Å². The molecule has 10 nitrogen and oxygen atoms in total. The molecule has 2 aromatic heterocycles. The Balaban J connectivity index is 1.30. The zero-order chi connectivity index (χ0) is 28.5. The van der Waals surface area contributed by atoms with E-state index in [1.54, 1.807) is 5.10 Å². The number of hydrogen-bond acceptors (Lipinski definition) is 8. The van der Waals surface area contributed by atoms with E-state index in [-0.39, 0.29) is 45.0 Å². The van der Waals surface area contributed by atoms with Gasteiger partial charge in [0.2, 0.25) is 5.95 Å². The Hall–Kier alpha value is -3.50. The van der Waals surface area contributed by atoms with E-state index in [1.807, 2.05) is 0 Å². The van der Waals surface area contributed by atoms with Crippen LogP contribution < -0.4 is 15.8 Å². The summed E-state index contributed by atoms with van der Waals surface area (Å²) in [6, 6.07) is -1.53. The highest BCUT2D eigenvalue weighted by Gasteiger charge is 2.43. The molecule has 0 aromatic carbocycles. The fourth-order valence-electron chi connectivity index (χ4n) is 4.57. The smallest absolute Gasteiger partial charge is 0.378 e. The Kier molecular flexibility index (Phi) is 7.99. The van der Waals surface area contributed by atoms with Gasteiger partial charge in [-0.25, -0.2) is 19.5 Å². The van der Waals surface area contributed by atoms with Gasteiger partial charge >= 0.3 is 12.4 Å². The maximum Gasteiger partial charge on any atom is 0.423 e. The average molecular weight is 567 g/mol. The number of anilines is 2. The van der Waals surface area contributed by atoms with E-state index in [9.17, 15) is 35.9 Å². The van der Waals surface area contributed by atoms with Crippen molar-refractivity contribution in [1.82, 2.24) is 25.1 Å². The molecule has 4 rings (SSSR count). The molecule has 2 N–H and O–H groups in total. The minimum atomic E-state index is -4.92. The van der Waals surface area contributed by atoms with Crippen molar-refractivity contribution in [2.24, 2.45) is 0 Å². The van der Waals surface area contributed by atoms with Crippen molar-refractivity contribution in [3.8, 4) is 0 Å². The van der Waals surface area contributed by atoms with Gasteiger partial charge in [0, 0.05) is 37.9 Å². The second-order valence-electron chi connectivity index (χ2n) is 9.26. The van der Waals surface area contributed by atoms with E-state index in [1.165, 1.54) is 16.7 Å². The van der Waals surface area contributed by atoms with Crippen LogP contribution in [0.5, 0.6) is 0 Å². The lowest BCUT2D eigenvalue weighted by Crippen LogP contribution is -2.54. The molecule has 17 heteroatoms. The van der Waals surface area contributed by atoms with Gasteiger partial charge in [-0.3, -0.25) is 9.59 Å². The zero-order valence-corrected chi connectivity index (χ0v) is 20.4. The van der Waals surface area contributed by atoms with E-state index in [4.69, 9.17) is 4.74 Å². The second kappa shape index (κ2) is 10.9. The number of nitrogens with one attached hydrogen (secondary N) is 2. The lowest BCUT2D eigenvalue weighted by atomic mass is 10.0. The van der Waals surface area contributed by atoms with E-state index >= 15 is 4.39 Å². The third kappa shape index (κ3) is 6.39. The number of halogens is 7. The number of amides is 1. The van der Waals surface area contributed by atoms with Crippen LogP contribution in [-0.2, 0) is 21.9 Å². The number of hydrogen-bond donors (Lipinski definition) is 2. The van der Waals surface area contributed by atoms with Crippen LogP contribution in [0, 0.1) is 0 Å². The summed E-state index contributed by atoms with van der Waals surface area (Å²) in [4.78, 5) is 34.6. The first-order valence-corrected chi connectivity index (χ1v) is 11.9. The van der Waals surface area contributed by atoms with Crippen molar-refractivity contribution in [2.75, 3.05) is 36.5 Å². The van der Waals surface area contributed by atoms with Crippen LogP contribution >= 0.6 is 0 Å². The third-order valence-electron chi connectivity index (χ3n) is 6.44. The summed E-state index contributed by atoms with van der Waals surface area (Å²) in [5.41, 5.74) is -4.40. The summed E-state index contributed by atoms with van der Waals surface area (Å²) < 4.78 is 98.5. The number of likely N-dealkylation sites (tertiary alicyclic amines) is 1. The molecule has 2 saturated heterocycles. The molecule has 0 radical (unpaired) electrons. The SMILES string of the molecule is CC(COC1CCN([C@@H]2CCN(c3ncc(C(F)(F)F)cn3)C[C@@H]2F)C1=O)Nc1cn[nH]c(=O)c1C(F)(F)F. The summed E-state index contributed by atoms with van der Waals surface area (Å²) in [6.45, 7) is 1.49. The Morgan fingerprint density at radius 3 is 2.38 bits per heavy atom. The van der Waals surface area contributed by atoms with Gasteiger partial charge in [0.05, 0.1) is 36.6 Å². The van der Waals surface area contributed by atoms with Crippen LogP contribution in [0.15, 0.2) is 23.4 Å². The topological polar surface area (TPSA) is 116 Å². The lowest BCUT2D eigenvalue weighted by Gasteiger charge is -2.39. The Labute approximate surface area is 216 Å². The fraction of sp³-hybridized carbons (Fsp3) is 0.591. The molecule has 4 heterocycles. The molecule has 214 valence electrons. The quantitative estimate of drug-likeness (QED) is 0.491. The van der Waals surface area contributed by atoms with Crippen LogP contribution in [0.1, 0.15) is 30.9 Å². The van der Waals surface area contributed by atoms with Crippen molar-refractivity contribution < 1.29 is 40.3 Å². The molecule has 0 saturated carbocycles. The molecule has 2 aliphatic rings. The van der Waals surface area contributed by atoms with Crippen LogP contribution in [-0.4, -0.2) is 81.6 Å². The summed E-state index contributed by atoms with van der Waals surface area (Å²) in [5, 5.41) is 7.63. The Morgan fingerprint density at radius 2 is 1.77 bits per heavy atom. The maximum atomic E-state index is 15.1. The van der Waals surface area contributed by atoms with Crippen LogP contribution in [0.4, 0.5) is 42.4 Å². The Bertz CT molecular complexity index is 1220. The van der Waals surface area contributed by atoms with Gasteiger partial charge in [-0.2, -0.15) is 31.4 Å².